The zero-order valence-corrected chi connectivity index (χ0v) is 21.2. The molecule has 3 aromatic rings. The van der Waals surface area contributed by atoms with Gasteiger partial charge in [0.05, 0.1) is 38.2 Å². The fourth-order valence-electron chi connectivity index (χ4n) is 4.07. The lowest BCUT2D eigenvalue weighted by molar-refractivity contribution is 0.0398. The van der Waals surface area contributed by atoms with Gasteiger partial charge >= 0.3 is 0 Å². The first-order chi connectivity index (χ1) is 16.9. The van der Waals surface area contributed by atoms with Crippen molar-refractivity contribution in [3.8, 4) is 11.3 Å². The summed E-state index contributed by atoms with van der Waals surface area (Å²) in [6, 6.07) is 12.1. The predicted molar refractivity (Wildman–Crippen MR) is 140 cm³/mol. The smallest absolute Gasteiger partial charge is 0.295 e. The lowest BCUT2D eigenvalue weighted by Gasteiger charge is -2.26. The van der Waals surface area contributed by atoms with E-state index in [2.05, 4.69) is 32.2 Å². The van der Waals surface area contributed by atoms with Gasteiger partial charge in [-0.2, -0.15) is 0 Å². The molecule has 0 atom stereocenters. The van der Waals surface area contributed by atoms with E-state index in [9.17, 15) is 4.79 Å². The first-order valence-electron chi connectivity index (χ1n) is 12.3. The number of fused-ring (bicyclic) bond motifs is 1. The number of pyridine rings is 1. The van der Waals surface area contributed by atoms with Crippen molar-refractivity contribution in [2.24, 2.45) is 0 Å². The predicted octanol–water partition coefficient (Wildman–Crippen LogP) is 2.69. The summed E-state index contributed by atoms with van der Waals surface area (Å²) in [6.07, 6.45) is 0.0867. The van der Waals surface area contributed by atoms with E-state index in [-0.39, 0.29) is 11.7 Å². The maximum Gasteiger partial charge on any atom is 0.295 e. The van der Waals surface area contributed by atoms with Crippen LogP contribution in [0.1, 0.15) is 13.8 Å². The monoisotopic (exact) mass is 480 g/mol. The van der Waals surface area contributed by atoms with Crippen molar-refractivity contribution in [2.45, 2.75) is 26.5 Å². The summed E-state index contributed by atoms with van der Waals surface area (Å²) in [7, 11) is 4.03. The summed E-state index contributed by atoms with van der Waals surface area (Å²) < 4.78 is 12.8. The first kappa shape index (κ1) is 25.1. The number of rotatable bonds is 10. The summed E-state index contributed by atoms with van der Waals surface area (Å²) in [5, 5.41) is 3.25. The molecule has 1 saturated heterocycles. The van der Waals surface area contributed by atoms with Crippen LogP contribution in [0.4, 0.5) is 11.5 Å². The van der Waals surface area contributed by atoms with Gasteiger partial charge in [0.25, 0.3) is 5.56 Å². The molecule has 1 aromatic carbocycles. The molecular weight excluding hydrogens is 444 g/mol. The topological polar surface area (TPSA) is 84.8 Å². The van der Waals surface area contributed by atoms with Crippen LogP contribution in [0.15, 0.2) is 41.2 Å². The highest BCUT2D eigenvalue weighted by Crippen LogP contribution is 2.23. The minimum absolute atomic E-state index is 0.0867. The summed E-state index contributed by atoms with van der Waals surface area (Å²) in [5.74, 6) is 0.347. The van der Waals surface area contributed by atoms with E-state index < -0.39 is 0 Å². The molecule has 0 unspecified atom stereocenters. The zero-order valence-electron chi connectivity index (χ0n) is 21.2. The highest BCUT2D eigenvalue weighted by Gasteiger charge is 2.15. The number of morpholine rings is 1. The standard InChI is InChI=1S/C26H36N6O3/c1-19(2)35-18-15-32-25-23(10-9-22(29-25)20-5-7-21(8-6-20)30(3)4)28-24(26(32)33)27-11-12-31-13-16-34-17-14-31/h5-10,19H,11-18H2,1-4H3,(H,27,28). The van der Waals surface area contributed by atoms with Crippen LogP contribution in [-0.2, 0) is 16.0 Å². The number of nitrogens with one attached hydrogen (secondary N) is 1. The first-order valence-corrected chi connectivity index (χ1v) is 12.3. The van der Waals surface area contributed by atoms with Gasteiger partial charge in [-0.1, -0.05) is 12.1 Å². The Morgan fingerprint density at radius 1 is 1.06 bits per heavy atom. The van der Waals surface area contributed by atoms with Crippen LogP contribution in [0.5, 0.6) is 0 Å². The van der Waals surface area contributed by atoms with Crippen molar-refractivity contribution >= 4 is 22.7 Å². The molecule has 188 valence electrons. The number of anilines is 2. The molecule has 9 nitrogen and oxygen atoms in total. The Hall–Kier alpha value is -3.01. The van der Waals surface area contributed by atoms with Gasteiger partial charge in [-0.3, -0.25) is 14.3 Å². The third-order valence-electron chi connectivity index (χ3n) is 6.06. The van der Waals surface area contributed by atoms with E-state index in [4.69, 9.17) is 14.5 Å². The van der Waals surface area contributed by atoms with E-state index in [1.54, 1.807) is 4.57 Å². The molecule has 0 radical (unpaired) electrons. The van der Waals surface area contributed by atoms with Gasteiger partial charge in [-0.25, -0.2) is 9.97 Å². The highest BCUT2D eigenvalue weighted by atomic mass is 16.5. The van der Waals surface area contributed by atoms with Gasteiger partial charge in [0.15, 0.2) is 11.5 Å². The van der Waals surface area contributed by atoms with Crippen LogP contribution in [0.3, 0.4) is 0 Å². The van der Waals surface area contributed by atoms with Crippen LogP contribution < -0.4 is 15.8 Å². The highest BCUT2D eigenvalue weighted by molar-refractivity contribution is 5.77. The summed E-state index contributed by atoms with van der Waals surface area (Å²) in [5.41, 5.74) is 3.97. The number of nitrogens with zero attached hydrogens (tertiary/aromatic N) is 5. The molecule has 1 aliphatic heterocycles. The average molecular weight is 481 g/mol. The van der Waals surface area contributed by atoms with Crippen LogP contribution >= 0.6 is 0 Å². The quantitative estimate of drug-likeness (QED) is 0.474. The molecule has 0 amide bonds. The Morgan fingerprint density at radius 3 is 2.49 bits per heavy atom. The van der Waals surface area contributed by atoms with Gasteiger partial charge in [0.1, 0.15) is 5.52 Å². The molecule has 2 aromatic heterocycles. The molecule has 0 bridgehead atoms. The van der Waals surface area contributed by atoms with E-state index in [1.165, 1.54) is 0 Å². The molecule has 0 saturated carbocycles. The molecule has 35 heavy (non-hydrogen) atoms. The van der Waals surface area contributed by atoms with Gasteiger partial charge in [-0.15, -0.1) is 0 Å². The van der Waals surface area contributed by atoms with Crippen molar-refractivity contribution in [2.75, 3.05) is 70.3 Å². The molecule has 3 heterocycles. The van der Waals surface area contributed by atoms with Gasteiger partial charge in [0.2, 0.25) is 0 Å². The number of hydrogen-bond acceptors (Lipinski definition) is 8. The van der Waals surface area contributed by atoms with Crippen molar-refractivity contribution < 1.29 is 9.47 Å². The zero-order chi connectivity index (χ0) is 24.8. The van der Waals surface area contributed by atoms with Gasteiger partial charge in [0, 0.05) is 51.5 Å². The Kier molecular flexibility index (Phi) is 8.33. The maximum atomic E-state index is 13.4. The second-order valence-corrected chi connectivity index (χ2v) is 9.20. The lowest BCUT2D eigenvalue weighted by Crippen LogP contribution is -2.39. The second kappa shape index (κ2) is 11.6. The van der Waals surface area contributed by atoms with Crippen molar-refractivity contribution in [3.63, 3.8) is 0 Å². The Balaban J connectivity index is 1.62. The molecule has 1 N–H and O–H groups in total. The van der Waals surface area contributed by atoms with E-state index in [0.717, 1.165) is 49.8 Å². The fraction of sp³-hybridized carbons (Fsp3) is 0.500. The summed E-state index contributed by atoms with van der Waals surface area (Å²) >= 11 is 0. The molecule has 4 rings (SSSR count). The minimum Gasteiger partial charge on any atom is -0.379 e. The number of hydrogen-bond donors (Lipinski definition) is 1. The maximum absolute atomic E-state index is 13.4. The largest absolute Gasteiger partial charge is 0.379 e. The third-order valence-corrected chi connectivity index (χ3v) is 6.06. The number of aromatic nitrogens is 3. The molecule has 9 heteroatoms. The third kappa shape index (κ3) is 6.36. The number of ether oxygens (including phenoxy) is 2. The lowest BCUT2D eigenvalue weighted by atomic mass is 10.1. The van der Waals surface area contributed by atoms with Crippen LogP contribution in [-0.4, -0.2) is 85.6 Å². The normalized spacial score (nSPS) is 14.5. The molecule has 0 aliphatic carbocycles. The summed E-state index contributed by atoms with van der Waals surface area (Å²) in [4.78, 5) is 27.3. The molecule has 1 fully saturated rings. The van der Waals surface area contributed by atoms with E-state index >= 15 is 0 Å². The fourth-order valence-corrected chi connectivity index (χ4v) is 4.07. The minimum atomic E-state index is -0.181. The molecule has 1 aliphatic rings. The second-order valence-electron chi connectivity index (χ2n) is 9.20. The van der Waals surface area contributed by atoms with Crippen LogP contribution in [0, 0.1) is 0 Å². The van der Waals surface area contributed by atoms with Gasteiger partial charge in [-0.05, 0) is 38.1 Å². The average Bonchev–Trinajstić information content (AvgIpc) is 2.86. The van der Waals surface area contributed by atoms with Crippen molar-refractivity contribution in [1.82, 2.24) is 19.4 Å². The van der Waals surface area contributed by atoms with E-state index in [1.807, 2.05) is 52.2 Å². The van der Waals surface area contributed by atoms with Crippen LogP contribution in [0.2, 0.25) is 0 Å². The summed E-state index contributed by atoms with van der Waals surface area (Å²) in [6.45, 7) is 9.60. The molecule has 0 spiro atoms. The molecular formula is C26H36N6O3. The Bertz CT molecular complexity index is 1170. The van der Waals surface area contributed by atoms with Gasteiger partial charge < -0.3 is 19.7 Å². The SMILES string of the molecule is CC(C)OCCn1c(=O)c(NCCN2CCOCC2)nc2ccc(-c3ccc(N(C)C)cc3)nc21. The number of benzene rings is 1. The Morgan fingerprint density at radius 2 is 1.80 bits per heavy atom. The van der Waals surface area contributed by atoms with Crippen molar-refractivity contribution in [1.29, 1.82) is 0 Å². The Labute approximate surface area is 206 Å². The van der Waals surface area contributed by atoms with Crippen LogP contribution in [0.25, 0.3) is 22.4 Å². The van der Waals surface area contributed by atoms with E-state index in [0.29, 0.717) is 36.7 Å². The van der Waals surface area contributed by atoms with Crippen molar-refractivity contribution in [3.05, 3.63) is 46.8 Å².